The number of aromatic nitrogens is 4. The van der Waals surface area contributed by atoms with Crippen molar-refractivity contribution in [3.05, 3.63) is 24.8 Å². The summed E-state index contributed by atoms with van der Waals surface area (Å²) in [7, 11) is 1.76. The number of aromatic amines is 1. The Morgan fingerprint density at radius 2 is 2.18 bits per heavy atom. The topological polar surface area (TPSA) is 59.0 Å². The van der Waals surface area contributed by atoms with Gasteiger partial charge in [0.25, 0.3) is 0 Å². The van der Waals surface area contributed by atoms with Crippen molar-refractivity contribution in [1.29, 1.82) is 0 Å². The number of rotatable bonds is 4. The molecular weight excluding hydrogens is 278 g/mol. The lowest BCUT2D eigenvalue weighted by Gasteiger charge is -2.32. The van der Waals surface area contributed by atoms with Gasteiger partial charge < -0.3 is 19.2 Å². The lowest BCUT2D eigenvalue weighted by molar-refractivity contribution is 0.122. The van der Waals surface area contributed by atoms with E-state index in [9.17, 15) is 0 Å². The van der Waals surface area contributed by atoms with E-state index in [1.165, 1.54) is 5.52 Å². The first-order valence-corrected chi connectivity index (χ1v) is 7.87. The molecule has 0 radical (unpaired) electrons. The smallest absolute Gasteiger partial charge is 0.139 e. The largest absolute Gasteiger partial charge is 0.383 e. The predicted molar refractivity (Wildman–Crippen MR) is 86.0 cm³/mol. The van der Waals surface area contributed by atoms with E-state index in [0.717, 1.165) is 55.6 Å². The van der Waals surface area contributed by atoms with E-state index in [1.807, 2.05) is 18.7 Å². The molecule has 6 heteroatoms. The number of nitrogens with zero attached hydrogens (tertiary/aromatic N) is 4. The van der Waals surface area contributed by atoms with Crippen molar-refractivity contribution in [2.24, 2.45) is 0 Å². The average molecular weight is 299 g/mol. The SMILES string of the molecule is COCCN1CCC(n2cnc3cnc4[nH]ccc4c32)CC1. The number of H-pyrrole nitrogens is 1. The Morgan fingerprint density at radius 3 is 3.00 bits per heavy atom. The third-order valence-corrected chi connectivity index (χ3v) is 4.68. The number of nitrogens with one attached hydrogen (secondary N) is 1. The highest BCUT2D eigenvalue weighted by atomic mass is 16.5. The second-order valence-electron chi connectivity index (χ2n) is 5.95. The number of ether oxygens (including phenoxy) is 1. The highest BCUT2D eigenvalue weighted by Crippen LogP contribution is 2.29. The molecule has 0 bridgehead atoms. The van der Waals surface area contributed by atoms with Crippen LogP contribution in [0.3, 0.4) is 0 Å². The summed E-state index contributed by atoms with van der Waals surface area (Å²) in [6.07, 6.45) is 8.10. The first-order valence-electron chi connectivity index (χ1n) is 7.87. The van der Waals surface area contributed by atoms with Crippen molar-refractivity contribution in [2.45, 2.75) is 18.9 Å². The zero-order valence-electron chi connectivity index (χ0n) is 12.8. The molecule has 22 heavy (non-hydrogen) atoms. The Morgan fingerprint density at radius 1 is 1.32 bits per heavy atom. The summed E-state index contributed by atoms with van der Waals surface area (Å²) in [5.74, 6) is 0. The second kappa shape index (κ2) is 5.70. The van der Waals surface area contributed by atoms with Gasteiger partial charge in [-0.1, -0.05) is 0 Å². The zero-order chi connectivity index (χ0) is 14.9. The van der Waals surface area contributed by atoms with E-state index < -0.39 is 0 Å². The summed E-state index contributed by atoms with van der Waals surface area (Å²) in [6, 6.07) is 2.61. The second-order valence-corrected chi connectivity index (χ2v) is 5.95. The molecule has 1 fully saturated rings. The summed E-state index contributed by atoms with van der Waals surface area (Å²) >= 11 is 0. The summed E-state index contributed by atoms with van der Waals surface area (Å²) in [5.41, 5.74) is 3.13. The number of piperidine rings is 1. The lowest BCUT2D eigenvalue weighted by Crippen LogP contribution is -2.36. The minimum atomic E-state index is 0.518. The summed E-state index contributed by atoms with van der Waals surface area (Å²) in [6.45, 7) is 4.08. The normalized spacial score (nSPS) is 17.7. The van der Waals surface area contributed by atoms with Gasteiger partial charge in [-0.3, -0.25) is 0 Å². The molecule has 1 aliphatic rings. The van der Waals surface area contributed by atoms with Crippen LogP contribution in [0.5, 0.6) is 0 Å². The number of methoxy groups -OCH3 is 1. The van der Waals surface area contributed by atoms with E-state index in [-0.39, 0.29) is 0 Å². The number of imidazole rings is 1. The van der Waals surface area contributed by atoms with Crippen LogP contribution in [0.25, 0.3) is 22.1 Å². The predicted octanol–water partition coefficient (Wildman–Crippen LogP) is 2.20. The Bertz CT molecular complexity index is 769. The van der Waals surface area contributed by atoms with Gasteiger partial charge in [-0.15, -0.1) is 0 Å². The van der Waals surface area contributed by atoms with Crippen molar-refractivity contribution in [1.82, 2.24) is 24.4 Å². The van der Waals surface area contributed by atoms with Gasteiger partial charge in [-0.05, 0) is 18.9 Å². The molecule has 3 aromatic rings. The molecule has 6 nitrogen and oxygen atoms in total. The Kier molecular flexibility index (Phi) is 3.56. The summed E-state index contributed by atoms with van der Waals surface area (Å²) in [4.78, 5) is 14.6. The number of likely N-dealkylation sites (tertiary alicyclic amines) is 1. The maximum absolute atomic E-state index is 5.17. The fraction of sp³-hybridized carbons (Fsp3) is 0.500. The van der Waals surface area contributed by atoms with Crippen molar-refractivity contribution in [2.75, 3.05) is 33.4 Å². The maximum Gasteiger partial charge on any atom is 0.139 e. The Hall–Kier alpha value is -1.92. The monoisotopic (exact) mass is 299 g/mol. The highest BCUT2D eigenvalue weighted by Gasteiger charge is 2.22. The summed E-state index contributed by atoms with van der Waals surface area (Å²) in [5, 5.41) is 1.16. The lowest BCUT2D eigenvalue weighted by atomic mass is 10.0. The zero-order valence-corrected chi connectivity index (χ0v) is 12.8. The molecule has 0 aromatic carbocycles. The van der Waals surface area contributed by atoms with Gasteiger partial charge in [0, 0.05) is 44.4 Å². The maximum atomic E-state index is 5.17. The standard InChI is InChI=1S/C16H21N5O/c1-22-9-8-20-6-3-12(4-7-20)21-11-19-14-10-18-16-13(15(14)21)2-5-17-16/h2,5,10-12H,3-4,6-9H2,1H3,(H,17,18). The van der Waals surface area contributed by atoms with Crippen LogP contribution < -0.4 is 0 Å². The molecule has 0 saturated carbocycles. The van der Waals surface area contributed by atoms with Crippen molar-refractivity contribution in [3.63, 3.8) is 0 Å². The van der Waals surface area contributed by atoms with Gasteiger partial charge in [0.2, 0.25) is 0 Å². The molecule has 0 unspecified atom stereocenters. The molecule has 0 atom stereocenters. The third-order valence-electron chi connectivity index (χ3n) is 4.68. The van der Waals surface area contributed by atoms with Crippen LogP contribution in [0.1, 0.15) is 18.9 Å². The van der Waals surface area contributed by atoms with E-state index in [4.69, 9.17) is 4.74 Å². The molecule has 1 aliphatic heterocycles. The van der Waals surface area contributed by atoms with Crippen LogP contribution in [0.15, 0.2) is 24.8 Å². The molecular formula is C16H21N5O. The van der Waals surface area contributed by atoms with Crippen molar-refractivity contribution >= 4 is 22.1 Å². The Labute approximate surface area is 129 Å². The molecule has 3 aromatic heterocycles. The molecule has 0 spiro atoms. The Balaban J connectivity index is 1.61. The van der Waals surface area contributed by atoms with Crippen molar-refractivity contribution < 1.29 is 4.74 Å². The average Bonchev–Trinajstić information content (AvgIpc) is 3.19. The van der Waals surface area contributed by atoms with Crippen LogP contribution in [0.2, 0.25) is 0 Å². The van der Waals surface area contributed by atoms with Crippen LogP contribution in [-0.4, -0.2) is 57.8 Å². The molecule has 1 N–H and O–H groups in total. The highest BCUT2D eigenvalue weighted by molar-refractivity contribution is 6.00. The minimum Gasteiger partial charge on any atom is -0.383 e. The number of hydrogen-bond acceptors (Lipinski definition) is 4. The van der Waals surface area contributed by atoms with E-state index in [2.05, 4.69) is 30.5 Å². The quantitative estimate of drug-likeness (QED) is 0.802. The first kappa shape index (κ1) is 13.7. The first-order chi connectivity index (χ1) is 10.9. The van der Waals surface area contributed by atoms with Gasteiger partial charge in [-0.2, -0.15) is 0 Å². The molecule has 116 valence electrons. The minimum absolute atomic E-state index is 0.518. The molecule has 0 amide bonds. The van der Waals surface area contributed by atoms with Gasteiger partial charge in [0.1, 0.15) is 11.2 Å². The van der Waals surface area contributed by atoms with Gasteiger partial charge in [-0.25, -0.2) is 9.97 Å². The molecule has 4 heterocycles. The number of pyridine rings is 1. The van der Waals surface area contributed by atoms with Crippen LogP contribution in [-0.2, 0) is 4.74 Å². The number of fused-ring (bicyclic) bond motifs is 3. The van der Waals surface area contributed by atoms with Crippen LogP contribution >= 0.6 is 0 Å². The van der Waals surface area contributed by atoms with E-state index >= 15 is 0 Å². The van der Waals surface area contributed by atoms with E-state index in [0.29, 0.717) is 6.04 Å². The third kappa shape index (κ3) is 2.28. The van der Waals surface area contributed by atoms with Crippen LogP contribution in [0, 0.1) is 0 Å². The van der Waals surface area contributed by atoms with Gasteiger partial charge in [0.05, 0.1) is 24.6 Å². The fourth-order valence-electron chi connectivity index (χ4n) is 3.45. The molecule has 1 saturated heterocycles. The van der Waals surface area contributed by atoms with Gasteiger partial charge >= 0.3 is 0 Å². The molecule has 0 aliphatic carbocycles. The van der Waals surface area contributed by atoms with Gasteiger partial charge in [0.15, 0.2) is 0 Å². The summed E-state index contributed by atoms with van der Waals surface area (Å²) < 4.78 is 7.52. The fourth-order valence-corrected chi connectivity index (χ4v) is 3.45. The van der Waals surface area contributed by atoms with Crippen molar-refractivity contribution in [3.8, 4) is 0 Å². The molecule has 4 rings (SSSR count). The van der Waals surface area contributed by atoms with E-state index in [1.54, 1.807) is 7.11 Å². The number of hydrogen-bond donors (Lipinski definition) is 1. The van der Waals surface area contributed by atoms with Crippen LogP contribution in [0.4, 0.5) is 0 Å².